The molecule has 0 heterocycles. The minimum absolute atomic E-state index is 0.126. The van der Waals surface area contributed by atoms with E-state index in [9.17, 15) is 14.7 Å². The van der Waals surface area contributed by atoms with E-state index in [1.54, 1.807) is 0 Å². The molecule has 6 heteroatoms. The van der Waals surface area contributed by atoms with Crippen molar-refractivity contribution in [2.75, 3.05) is 7.11 Å². The van der Waals surface area contributed by atoms with Crippen molar-refractivity contribution in [1.29, 1.82) is 0 Å². The summed E-state index contributed by atoms with van der Waals surface area (Å²) < 4.78 is 11.0. The minimum atomic E-state index is -1.13. The molecule has 176 valence electrons. The lowest BCUT2D eigenvalue weighted by Crippen LogP contribution is -2.48. The van der Waals surface area contributed by atoms with E-state index in [1.165, 1.54) is 12.0 Å². The Kier molecular flexibility index (Phi) is 6.33. The lowest BCUT2D eigenvalue weighted by atomic mass is 9.98. The summed E-state index contributed by atoms with van der Waals surface area (Å²) in [6, 6.07) is 21.2. The number of amides is 1. The summed E-state index contributed by atoms with van der Waals surface area (Å²) in [6.45, 7) is 5.90. The first-order valence-corrected chi connectivity index (χ1v) is 11.2. The highest BCUT2D eigenvalue weighted by molar-refractivity contribution is 5.85. The van der Waals surface area contributed by atoms with Crippen LogP contribution >= 0.6 is 0 Å². The number of carboxylic acid groups (broad SMARTS) is 1. The van der Waals surface area contributed by atoms with E-state index in [2.05, 4.69) is 0 Å². The molecule has 4 rings (SSSR count). The van der Waals surface area contributed by atoms with Crippen molar-refractivity contribution in [1.82, 2.24) is 4.90 Å². The van der Waals surface area contributed by atoms with E-state index >= 15 is 0 Å². The normalized spacial score (nSPS) is 13.5. The number of hydrogen-bond donors (Lipinski definition) is 1. The van der Waals surface area contributed by atoms with Crippen molar-refractivity contribution >= 4 is 12.1 Å². The quantitative estimate of drug-likeness (QED) is 0.512. The average molecular weight is 460 g/mol. The van der Waals surface area contributed by atoms with Crippen LogP contribution in [0.15, 0.2) is 72.8 Å². The fraction of sp³-hybridized carbons (Fsp3) is 0.286. The summed E-state index contributed by atoms with van der Waals surface area (Å²) >= 11 is 0. The maximum Gasteiger partial charge on any atom is 0.411 e. The van der Waals surface area contributed by atoms with Crippen molar-refractivity contribution in [3.63, 3.8) is 0 Å². The van der Waals surface area contributed by atoms with Crippen LogP contribution in [0.5, 0.6) is 5.75 Å². The SMILES string of the molecule is COC(=O)N(C(Cc1ccc(OC(C)(C)C)cc1)C(=O)O)C1c2ccccc2-c2ccccc21. The average Bonchev–Trinajstić information content (AvgIpc) is 3.13. The van der Waals surface area contributed by atoms with Gasteiger partial charge in [0.25, 0.3) is 0 Å². The molecule has 0 radical (unpaired) electrons. The van der Waals surface area contributed by atoms with Crippen LogP contribution in [0.1, 0.15) is 43.5 Å². The summed E-state index contributed by atoms with van der Waals surface area (Å²) in [6.07, 6.45) is -0.558. The van der Waals surface area contributed by atoms with Gasteiger partial charge in [-0.25, -0.2) is 9.59 Å². The van der Waals surface area contributed by atoms with Gasteiger partial charge in [0.1, 0.15) is 17.4 Å². The number of nitrogens with zero attached hydrogens (tertiary/aromatic N) is 1. The smallest absolute Gasteiger partial charge is 0.411 e. The van der Waals surface area contributed by atoms with Crippen LogP contribution in [-0.2, 0) is 16.0 Å². The van der Waals surface area contributed by atoms with Gasteiger partial charge < -0.3 is 14.6 Å². The molecule has 0 aromatic heterocycles. The van der Waals surface area contributed by atoms with Crippen molar-refractivity contribution in [3.05, 3.63) is 89.5 Å². The highest BCUT2D eigenvalue weighted by atomic mass is 16.5. The maximum absolute atomic E-state index is 13.1. The third kappa shape index (κ3) is 4.62. The number of carbonyl (C=O) groups is 2. The first kappa shape index (κ1) is 23.4. The van der Waals surface area contributed by atoms with Crippen LogP contribution in [0.2, 0.25) is 0 Å². The van der Waals surface area contributed by atoms with Gasteiger partial charge in [-0.2, -0.15) is 0 Å². The summed E-state index contributed by atoms with van der Waals surface area (Å²) in [5, 5.41) is 10.2. The number of ether oxygens (including phenoxy) is 2. The Labute approximate surface area is 199 Å². The Hall–Kier alpha value is -3.80. The predicted molar refractivity (Wildman–Crippen MR) is 130 cm³/mol. The predicted octanol–water partition coefficient (Wildman–Crippen LogP) is 5.70. The van der Waals surface area contributed by atoms with E-state index in [-0.39, 0.29) is 12.0 Å². The number of methoxy groups -OCH3 is 1. The van der Waals surface area contributed by atoms with Crippen molar-refractivity contribution in [2.45, 2.75) is 44.9 Å². The molecule has 3 aromatic carbocycles. The van der Waals surface area contributed by atoms with Gasteiger partial charge in [0.15, 0.2) is 0 Å². The molecule has 0 bridgehead atoms. The molecule has 6 nitrogen and oxygen atoms in total. The molecule has 1 N–H and O–H groups in total. The topological polar surface area (TPSA) is 76.1 Å². The number of fused-ring (bicyclic) bond motifs is 3. The third-order valence-electron chi connectivity index (χ3n) is 5.86. The number of hydrogen-bond acceptors (Lipinski definition) is 4. The Morgan fingerprint density at radius 3 is 1.91 bits per heavy atom. The molecule has 0 aliphatic heterocycles. The lowest BCUT2D eigenvalue weighted by molar-refractivity contribution is -0.143. The summed E-state index contributed by atoms with van der Waals surface area (Å²) in [5.74, 6) is -0.395. The first-order valence-electron chi connectivity index (χ1n) is 11.2. The third-order valence-corrected chi connectivity index (χ3v) is 5.86. The largest absolute Gasteiger partial charge is 0.488 e. The molecule has 0 fully saturated rings. The van der Waals surface area contributed by atoms with E-state index in [4.69, 9.17) is 9.47 Å². The second-order valence-corrected chi connectivity index (χ2v) is 9.37. The molecule has 34 heavy (non-hydrogen) atoms. The zero-order valence-corrected chi connectivity index (χ0v) is 19.8. The van der Waals surface area contributed by atoms with E-state index in [0.717, 1.165) is 27.8 Å². The molecular formula is C28H29NO5. The monoisotopic (exact) mass is 459 g/mol. The number of carboxylic acids is 1. The second-order valence-electron chi connectivity index (χ2n) is 9.37. The van der Waals surface area contributed by atoms with Crippen molar-refractivity contribution < 1.29 is 24.2 Å². The van der Waals surface area contributed by atoms with Crippen LogP contribution in [0, 0.1) is 0 Å². The summed E-state index contributed by atoms with van der Waals surface area (Å²) in [5.41, 5.74) is 4.19. The molecule has 0 spiro atoms. The van der Waals surface area contributed by atoms with Gasteiger partial charge in [0.2, 0.25) is 0 Å². The molecule has 3 aromatic rings. The second kappa shape index (κ2) is 9.21. The molecular weight excluding hydrogens is 430 g/mol. The van der Waals surface area contributed by atoms with Gasteiger partial charge in [-0.3, -0.25) is 4.90 Å². The zero-order chi connectivity index (χ0) is 24.5. The van der Waals surface area contributed by atoms with Crippen molar-refractivity contribution in [2.24, 2.45) is 0 Å². The van der Waals surface area contributed by atoms with E-state index in [1.807, 2.05) is 93.6 Å². The van der Waals surface area contributed by atoms with Gasteiger partial charge in [-0.1, -0.05) is 60.7 Å². The van der Waals surface area contributed by atoms with E-state index in [0.29, 0.717) is 5.75 Å². The van der Waals surface area contributed by atoms with Gasteiger partial charge in [0.05, 0.1) is 13.2 Å². The maximum atomic E-state index is 13.1. The molecule has 0 saturated carbocycles. The molecule has 1 atom stereocenters. The highest BCUT2D eigenvalue weighted by Crippen LogP contribution is 2.47. The molecule has 1 aliphatic rings. The van der Waals surface area contributed by atoms with Gasteiger partial charge >= 0.3 is 12.1 Å². The first-order chi connectivity index (χ1) is 16.2. The minimum Gasteiger partial charge on any atom is -0.488 e. The molecule has 0 saturated heterocycles. The summed E-state index contributed by atoms with van der Waals surface area (Å²) in [4.78, 5) is 27.0. The molecule has 1 aliphatic carbocycles. The Morgan fingerprint density at radius 2 is 1.44 bits per heavy atom. The van der Waals surface area contributed by atoms with Crippen molar-refractivity contribution in [3.8, 4) is 16.9 Å². The number of carbonyl (C=O) groups excluding carboxylic acids is 1. The zero-order valence-electron chi connectivity index (χ0n) is 19.8. The van der Waals surface area contributed by atoms with Gasteiger partial charge in [-0.15, -0.1) is 0 Å². The number of benzene rings is 3. The molecule has 1 unspecified atom stereocenters. The summed E-state index contributed by atoms with van der Waals surface area (Å²) in [7, 11) is 1.28. The fourth-order valence-electron chi connectivity index (χ4n) is 4.52. The standard InChI is InChI=1S/C28H29NO5/c1-28(2,3)34-19-15-13-18(14-16-19)17-24(26(30)31)29(27(32)33-4)25-22-11-7-5-9-20(22)21-10-6-8-12-23(21)25/h5-16,24-25H,17H2,1-4H3,(H,30,31). The number of rotatable bonds is 6. The van der Waals surface area contributed by atoms with Gasteiger partial charge in [-0.05, 0) is 60.7 Å². The Morgan fingerprint density at radius 1 is 0.912 bits per heavy atom. The van der Waals surface area contributed by atoms with Crippen LogP contribution in [-0.4, -0.2) is 40.8 Å². The fourth-order valence-corrected chi connectivity index (χ4v) is 4.52. The van der Waals surface area contributed by atoms with Crippen LogP contribution < -0.4 is 4.74 Å². The lowest BCUT2D eigenvalue weighted by Gasteiger charge is -2.34. The van der Waals surface area contributed by atoms with Crippen LogP contribution in [0.25, 0.3) is 11.1 Å². The Bertz CT molecular complexity index is 1150. The Balaban J connectivity index is 1.73. The molecule has 1 amide bonds. The number of aliphatic carboxylic acids is 1. The van der Waals surface area contributed by atoms with Gasteiger partial charge in [0, 0.05) is 6.42 Å². The van der Waals surface area contributed by atoms with Crippen LogP contribution in [0.3, 0.4) is 0 Å². The van der Waals surface area contributed by atoms with E-state index < -0.39 is 24.1 Å². The van der Waals surface area contributed by atoms with Crippen LogP contribution in [0.4, 0.5) is 4.79 Å². The highest BCUT2D eigenvalue weighted by Gasteiger charge is 2.42.